The average Bonchev–Trinajstić information content (AvgIpc) is 3.06. The molecule has 2 saturated heterocycles. The van der Waals surface area contributed by atoms with E-state index >= 15 is 0 Å². The molecular weight excluding hydrogens is 324 g/mol. The van der Waals surface area contributed by atoms with Crippen molar-refractivity contribution in [2.45, 2.75) is 13.0 Å². The summed E-state index contributed by atoms with van der Waals surface area (Å²) < 4.78 is 11.1. The van der Waals surface area contributed by atoms with Crippen LogP contribution in [-0.2, 0) is 20.9 Å². The molecule has 136 valence electrons. The molecule has 7 nitrogen and oxygen atoms in total. The Labute approximate surface area is 146 Å². The van der Waals surface area contributed by atoms with E-state index < -0.39 is 5.41 Å². The molecule has 3 rings (SSSR count). The number of likely N-dealkylation sites (tertiary alicyclic amines) is 1. The molecule has 2 aliphatic heterocycles. The number of nitrogens with one attached hydrogen (secondary N) is 1. The molecule has 2 atom stereocenters. The first-order valence-corrected chi connectivity index (χ1v) is 8.49. The van der Waals surface area contributed by atoms with E-state index in [1.165, 1.54) is 0 Å². The molecule has 2 heterocycles. The molecule has 25 heavy (non-hydrogen) atoms. The summed E-state index contributed by atoms with van der Waals surface area (Å²) in [5, 5.41) is 11.8. The van der Waals surface area contributed by atoms with E-state index in [9.17, 15) is 9.59 Å². The van der Waals surface area contributed by atoms with Gasteiger partial charge in [-0.2, -0.15) is 0 Å². The molecule has 2 amide bonds. The molecule has 7 heteroatoms. The smallest absolute Gasteiger partial charge is 0.260 e. The van der Waals surface area contributed by atoms with Gasteiger partial charge in [-0.1, -0.05) is 12.1 Å². The average molecular weight is 348 g/mol. The molecule has 0 radical (unpaired) electrons. The predicted octanol–water partition coefficient (Wildman–Crippen LogP) is 0.169. The zero-order valence-electron chi connectivity index (χ0n) is 14.4. The summed E-state index contributed by atoms with van der Waals surface area (Å²) in [5.74, 6) is 0.445. The van der Waals surface area contributed by atoms with E-state index in [0.29, 0.717) is 38.5 Å². The first-order valence-electron chi connectivity index (χ1n) is 8.49. The van der Waals surface area contributed by atoms with Gasteiger partial charge in [0, 0.05) is 32.7 Å². The number of ether oxygens (including phenoxy) is 2. The van der Waals surface area contributed by atoms with Gasteiger partial charge in [0.05, 0.1) is 18.6 Å². The van der Waals surface area contributed by atoms with Crippen molar-refractivity contribution in [2.75, 3.05) is 40.0 Å². The van der Waals surface area contributed by atoms with Crippen molar-refractivity contribution in [2.24, 2.45) is 11.3 Å². The number of benzene rings is 1. The minimum Gasteiger partial charge on any atom is -0.484 e. The van der Waals surface area contributed by atoms with Crippen LogP contribution in [-0.4, -0.2) is 61.8 Å². The zero-order valence-corrected chi connectivity index (χ0v) is 14.4. The molecule has 2 N–H and O–H groups in total. The summed E-state index contributed by atoms with van der Waals surface area (Å²) in [4.78, 5) is 26.7. The van der Waals surface area contributed by atoms with Gasteiger partial charge in [-0.05, 0) is 24.1 Å². The van der Waals surface area contributed by atoms with Crippen LogP contribution in [0.5, 0.6) is 5.75 Å². The van der Waals surface area contributed by atoms with Crippen LogP contribution >= 0.6 is 0 Å². The Balaban J connectivity index is 1.61. The molecule has 0 spiro atoms. The summed E-state index contributed by atoms with van der Waals surface area (Å²) in [7, 11) is 1.63. The van der Waals surface area contributed by atoms with Crippen molar-refractivity contribution < 1.29 is 24.2 Å². The number of amides is 2. The number of aliphatic hydroxyl groups excluding tert-OH is 1. The lowest BCUT2D eigenvalue weighted by Crippen LogP contribution is -2.49. The zero-order chi connectivity index (χ0) is 17.9. The molecule has 0 saturated carbocycles. The number of rotatable bonds is 5. The topological polar surface area (TPSA) is 88.1 Å². The third-order valence-corrected chi connectivity index (χ3v) is 5.21. The number of carbonyl (C=O) groups is 2. The maximum atomic E-state index is 12.5. The minimum atomic E-state index is -0.550. The highest BCUT2D eigenvalue weighted by atomic mass is 16.5. The van der Waals surface area contributed by atoms with E-state index in [1.807, 2.05) is 0 Å². The van der Waals surface area contributed by atoms with Gasteiger partial charge >= 0.3 is 0 Å². The Bertz CT molecular complexity index is 633. The van der Waals surface area contributed by atoms with Gasteiger partial charge in [0.1, 0.15) is 5.75 Å². The molecular formula is C18H24N2O5. The van der Waals surface area contributed by atoms with E-state index in [1.54, 1.807) is 36.2 Å². The first-order chi connectivity index (χ1) is 12.1. The number of hydrogen-bond acceptors (Lipinski definition) is 5. The van der Waals surface area contributed by atoms with Gasteiger partial charge in [-0.3, -0.25) is 9.59 Å². The fourth-order valence-electron chi connectivity index (χ4n) is 3.69. The summed E-state index contributed by atoms with van der Waals surface area (Å²) in [6.45, 7) is 1.86. The van der Waals surface area contributed by atoms with Gasteiger partial charge in [0.15, 0.2) is 6.61 Å². The standard InChI is InChI=1S/C18H24N2O5/c1-19-17(23)18-6-7-24-10-14(18)8-20(12-18)16(22)11-25-15-4-2-13(9-21)3-5-15/h2-5,14,21H,6-12H2,1H3,(H,19,23)/t14-,18+/m1/s1. The number of carbonyl (C=O) groups excluding carboxylic acids is 2. The second-order valence-electron chi connectivity index (χ2n) is 6.62. The molecule has 0 bridgehead atoms. The van der Waals surface area contributed by atoms with Crippen molar-refractivity contribution in [1.82, 2.24) is 10.2 Å². The highest BCUT2D eigenvalue weighted by molar-refractivity contribution is 5.86. The molecule has 0 unspecified atom stereocenters. The van der Waals surface area contributed by atoms with Crippen molar-refractivity contribution in [1.29, 1.82) is 0 Å². The van der Waals surface area contributed by atoms with Crippen molar-refractivity contribution >= 4 is 11.8 Å². The second-order valence-corrected chi connectivity index (χ2v) is 6.62. The number of fused-ring (bicyclic) bond motifs is 1. The minimum absolute atomic E-state index is 0.0170. The third kappa shape index (κ3) is 3.48. The van der Waals surface area contributed by atoms with Gasteiger partial charge in [-0.15, -0.1) is 0 Å². The van der Waals surface area contributed by atoms with E-state index in [-0.39, 0.29) is 30.9 Å². The molecule has 2 fully saturated rings. The summed E-state index contributed by atoms with van der Waals surface area (Å²) in [6.07, 6.45) is 0.630. The highest BCUT2D eigenvalue weighted by Gasteiger charge is 2.54. The maximum Gasteiger partial charge on any atom is 0.260 e. The molecule has 1 aromatic carbocycles. The normalized spacial score (nSPS) is 25.4. The molecule has 2 aliphatic rings. The largest absolute Gasteiger partial charge is 0.484 e. The Kier molecular flexibility index (Phi) is 5.24. The predicted molar refractivity (Wildman–Crippen MR) is 89.9 cm³/mol. The first kappa shape index (κ1) is 17.7. The number of aliphatic hydroxyl groups is 1. The van der Waals surface area contributed by atoms with Crippen molar-refractivity contribution in [3.8, 4) is 5.75 Å². The van der Waals surface area contributed by atoms with Crippen LogP contribution < -0.4 is 10.1 Å². The van der Waals surface area contributed by atoms with Crippen LogP contribution in [0.1, 0.15) is 12.0 Å². The van der Waals surface area contributed by atoms with Crippen LogP contribution in [0, 0.1) is 11.3 Å². The van der Waals surface area contributed by atoms with E-state index in [0.717, 1.165) is 5.56 Å². The summed E-state index contributed by atoms with van der Waals surface area (Å²) in [6, 6.07) is 6.95. The summed E-state index contributed by atoms with van der Waals surface area (Å²) >= 11 is 0. The lowest BCUT2D eigenvalue weighted by Gasteiger charge is -2.36. The Morgan fingerprint density at radius 1 is 1.40 bits per heavy atom. The van der Waals surface area contributed by atoms with Crippen LogP contribution in [0.2, 0.25) is 0 Å². The maximum absolute atomic E-state index is 12.5. The fraction of sp³-hybridized carbons (Fsp3) is 0.556. The number of nitrogens with zero attached hydrogens (tertiary/aromatic N) is 1. The highest BCUT2D eigenvalue weighted by Crippen LogP contribution is 2.42. The lowest BCUT2D eigenvalue weighted by molar-refractivity contribution is -0.139. The van der Waals surface area contributed by atoms with Crippen LogP contribution in [0.4, 0.5) is 0 Å². The van der Waals surface area contributed by atoms with Gasteiger partial charge in [-0.25, -0.2) is 0 Å². The molecule has 0 aromatic heterocycles. The van der Waals surface area contributed by atoms with Crippen LogP contribution in [0.15, 0.2) is 24.3 Å². The van der Waals surface area contributed by atoms with Gasteiger partial charge in [0.2, 0.25) is 5.91 Å². The van der Waals surface area contributed by atoms with Crippen molar-refractivity contribution in [3.05, 3.63) is 29.8 Å². The monoisotopic (exact) mass is 348 g/mol. The van der Waals surface area contributed by atoms with E-state index in [4.69, 9.17) is 14.6 Å². The SMILES string of the molecule is CNC(=O)[C@]12CCOC[C@H]1CN(C(=O)COc1ccc(CO)cc1)C2. The second kappa shape index (κ2) is 7.41. The Morgan fingerprint density at radius 2 is 2.16 bits per heavy atom. The van der Waals surface area contributed by atoms with Crippen molar-refractivity contribution in [3.63, 3.8) is 0 Å². The van der Waals surface area contributed by atoms with Crippen LogP contribution in [0.3, 0.4) is 0 Å². The summed E-state index contributed by atoms with van der Waals surface area (Å²) in [5.41, 5.74) is 0.237. The van der Waals surface area contributed by atoms with E-state index in [2.05, 4.69) is 5.32 Å². The Hall–Kier alpha value is -2.12. The van der Waals surface area contributed by atoms with Gasteiger partial charge in [0.25, 0.3) is 5.91 Å². The molecule has 1 aromatic rings. The number of hydrogen-bond donors (Lipinski definition) is 2. The third-order valence-electron chi connectivity index (χ3n) is 5.21. The lowest BCUT2D eigenvalue weighted by atomic mass is 9.73. The quantitative estimate of drug-likeness (QED) is 0.792. The van der Waals surface area contributed by atoms with Crippen LogP contribution in [0.25, 0.3) is 0 Å². The fourth-order valence-corrected chi connectivity index (χ4v) is 3.69. The van der Waals surface area contributed by atoms with Gasteiger partial charge < -0.3 is 24.8 Å². The molecule has 0 aliphatic carbocycles. The Morgan fingerprint density at radius 3 is 2.84 bits per heavy atom.